The Morgan fingerprint density at radius 2 is 2.00 bits per heavy atom. The topological polar surface area (TPSA) is 55.1 Å². The molecular weight excluding hydrogens is 352 g/mol. The Kier molecular flexibility index (Phi) is 5.47. The van der Waals surface area contributed by atoms with E-state index in [0.29, 0.717) is 5.56 Å². The number of rotatable bonds is 6. The maximum absolute atomic E-state index is 10.8. The van der Waals surface area contributed by atoms with Crippen molar-refractivity contribution >= 4 is 33.7 Å². The van der Waals surface area contributed by atoms with Crippen molar-refractivity contribution in [3.05, 3.63) is 45.7 Å². The second kappa shape index (κ2) is 7.13. The van der Waals surface area contributed by atoms with E-state index >= 15 is 0 Å². The number of carboxylic acids is 1. The van der Waals surface area contributed by atoms with Crippen LogP contribution in [0.15, 0.2) is 33.6 Å². The van der Waals surface area contributed by atoms with Crippen LogP contribution < -0.4 is 0 Å². The molecule has 0 saturated heterocycles. The zero-order valence-electron chi connectivity index (χ0n) is 12.0. The Morgan fingerprint density at radius 1 is 1.33 bits per heavy atom. The minimum atomic E-state index is -0.897. The smallest absolute Gasteiger partial charge is 0.335 e. The minimum absolute atomic E-state index is 0.312. The number of aryl methyl sites for hydroxylation is 2. The van der Waals surface area contributed by atoms with Crippen molar-refractivity contribution in [3.63, 3.8) is 0 Å². The molecule has 0 unspecified atom stereocenters. The molecule has 2 aromatic rings. The number of hydrogen-bond donors (Lipinski definition) is 1. The quantitative estimate of drug-likeness (QED) is 0.775. The molecule has 0 saturated carbocycles. The SMILES string of the molecule is CCc1nn(CC)c(CSc2ccc(C(=O)O)cc2)c1Br. The van der Waals surface area contributed by atoms with Gasteiger partial charge in [0.1, 0.15) is 0 Å². The number of aromatic nitrogens is 2. The second-order valence-electron chi connectivity index (χ2n) is 4.49. The summed E-state index contributed by atoms with van der Waals surface area (Å²) in [4.78, 5) is 11.9. The first-order chi connectivity index (χ1) is 10.1. The zero-order chi connectivity index (χ0) is 15.4. The molecular formula is C15H17BrN2O2S. The summed E-state index contributed by atoms with van der Waals surface area (Å²) in [6.45, 7) is 5.01. The summed E-state index contributed by atoms with van der Waals surface area (Å²) >= 11 is 5.31. The minimum Gasteiger partial charge on any atom is -0.478 e. The van der Waals surface area contributed by atoms with E-state index in [9.17, 15) is 4.79 Å². The number of hydrogen-bond acceptors (Lipinski definition) is 3. The maximum atomic E-state index is 10.8. The summed E-state index contributed by atoms with van der Waals surface area (Å²) in [7, 11) is 0. The Morgan fingerprint density at radius 3 is 2.52 bits per heavy atom. The van der Waals surface area contributed by atoms with Crippen LogP contribution >= 0.6 is 27.7 Å². The van der Waals surface area contributed by atoms with Gasteiger partial charge >= 0.3 is 5.97 Å². The van der Waals surface area contributed by atoms with Crippen molar-refractivity contribution in [2.45, 2.75) is 37.5 Å². The molecule has 0 bridgehead atoms. The summed E-state index contributed by atoms with van der Waals surface area (Å²) in [5, 5.41) is 13.5. The number of nitrogens with zero attached hydrogens (tertiary/aromatic N) is 2. The molecule has 0 aliphatic carbocycles. The van der Waals surface area contributed by atoms with Crippen LogP contribution in [0.2, 0.25) is 0 Å². The van der Waals surface area contributed by atoms with Crippen molar-refractivity contribution < 1.29 is 9.90 Å². The average molecular weight is 369 g/mol. The van der Waals surface area contributed by atoms with E-state index in [4.69, 9.17) is 5.11 Å². The fourth-order valence-electron chi connectivity index (χ4n) is 2.00. The van der Waals surface area contributed by atoms with E-state index in [2.05, 4.69) is 34.9 Å². The highest BCUT2D eigenvalue weighted by Gasteiger charge is 2.14. The Balaban J connectivity index is 2.12. The number of aromatic carboxylic acids is 1. The first-order valence-corrected chi connectivity index (χ1v) is 8.54. The number of benzene rings is 1. The van der Waals surface area contributed by atoms with Crippen molar-refractivity contribution in [1.82, 2.24) is 9.78 Å². The van der Waals surface area contributed by atoms with Crippen LogP contribution in [0.1, 0.15) is 35.6 Å². The number of carbonyl (C=O) groups is 1. The molecule has 4 nitrogen and oxygen atoms in total. The Hall–Kier alpha value is -1.27. The van der Waals surface area contributed by atoms with Crippen LogP contribution in [-0.4, -0.2) is 20.9 Å². The summed E-state index contributed by atoms with van der Waals surface area (Å²) in [6, 6.07) is 6.95. The molecule has 1 aromatic heterocycles. The normalized spacial score (nSPS) is 10.8. The van der Waals surface area contributed by atoms with Crippen LogP contribution in [0.4, 0.5) is 0 Å². The van der Waals surface area contributed by atoms with Gasteiger partial charge in [0.15, 0.2) is 0 Å². The standard InChI is InChI=1S/C15H17BrN2O2S/c1-3-12-14(16)13(18(4-2)17-12)9-21-11-7-5-10(6-8-11)15(19)20/h5-8H,3-4,9H2,1-2H3,(H,19,20). The highest BCUT2D eigenvalue weighted by atomic mass is 79.9. The Bertz CT molecular complexity index is 638. The van der Waals surface area contributed by atoms with Crippen LogP contribution in [-0.2, 0) is 18.7 Å². The van der Waals surface area contributed by atoms with E-state index in [1.165, 1.54) is 5.69 Å². The van der Waals surface area contributed by atoms with Crippen LogP contribution in [0.5, 0.6) is 0 Å². The fraction of sp³-hybridized carbons (Fsp3) is 0.333. The van der Waals surface area contributed by atoms with Crippen LogP contribution in [0, 0.1) is 0 Å². The molecule has 0 radical (unpaired) electrons. The third-order valence-corrected chi connectivity index (χ3v) is 5.11. The third kappa shape index (κ3) is 3.68. The highest BCUT2D eigenvalue weighted by molar-refractivity contribution is 9.10. The van der Waals surface area contributed by atoms with Crippen molar-refractivity contribution in [3.8, 4) is 0 Å². The van der Waals surface area contributed by atoms with E-state index in [1.54, 1.807) is 23.9 Å². The summed E-state index contributed by atoms with van der Waals surface area (Å²) in [6.07, 6.45) is 0.901. The van der Waals surface area contributed by atoms with Gasteiger partial charge in [-0.3, -0.25) is 4.68 Å². The van der Waals surface area contributed by atoms with E-state index < -0.39 is 5.97 Å². The van der Waals surface area contributed by atoms with E-state index in [-0.39, 0.29) is 0 Å². The molecule has 0 fully saturated rings. The predicted molar refractivity (Wildman–Crippen MR) is 87.9 cm³/mol. The fourth-order valence-corrected chi connectivity index (χ4v) is 3.82. The molecule has 1 aromatic carbocycles. The van der Waals surface area contributed by atoms with Gasteiger partial charge in [-0.15, -0.1) is 11.8 Å². The number of carboxylic acid groups (broad SMARTS) is 1. The lowest BCUT2D eigenvalue weighted by atomic mass is 10.2. The molecule has 6 heteroatoms. The van der Waals surface area contributed by atoms with Gasteiger partial charge in [0.25, 0.3) is 0 Å². The van der Waals surface area contributed by atoms with Gasteiger partial charge in [0.05, 0.1) is 21.4 Å². The molecule has 0 atom stereocenters. The van der Waals surface area contributed by atoms with E-state index in [1.807, 2.05) is 16.8 Å². The first-order valence-electron chi connectivity index (χ1n) is 6.77. The zero-order valence-corrected chi connectivity index (χ0v) is 14.4. The van der Waals surface area contributed by atoms with Gasteiger partial charge in [-0.05, 0) is 53.5 Å². The molecule has 1 heterocycles. The van der Waals surface area contributed by atoms with Crippen molar-refractivity contribution in [2.75, 3.05) is 0 Å². The first kappa shape index (κ1) is 16.1. The molecule has 0 aliphatic rings. The molecule has 21 heavy (non-hydrogen) atoms. The second-order valence-corrected chi connectivity index (χ2v) is 6.34. The van der Waals surface area contributed by atoms with Gasteiger partial charge < -0.3 is 5.11 Å². The molecule has 1 N–H and O–H groups in total. The van der Waals surface area contributed by atoms with Crippen molar-refractivity contribution in [1.29, 1.82) is 0 Å². The lowest BCUT2D eigenvalue weighted by Crippen LogP contribution is -2.02. The Labute approximate surface area is 136 Å². The average Bonchev–Trinajstić information content (AvgIpc) is 2.81. The van der Waals surface area contributed by atoms with Crippen LogP contribution in [0.25, 0.3) is 0 Å². The largest absolute Gasteiger partial charge is 0.478 e. The molecule has 112 valence electrons. The van der Waals surface area contributed by atoms with Gasteiger partial charge in [-0.1, -0.05) is 6.92 Å². The van der Waals surface area contributed by atoms with Crippen LogP contribution in [0.3, 0.4) is 0 Å². The lowest BCUT2D eigenvalue weighted by molar-refractivity contribution is 0.0697. The summed E-state index contributed by atoms with van der Waals surface area (Å²) in [5.74, 6) is -0.0978. The maximum Gasteiger partial charge on any atom is 0.335 e. The van der Waals surface area contributed by atoms with E-state index in [0.717, 1.165) is 33.8 Å². The van der Waals surface area contributed by atoms with Gasteiger partial charge in [0.2, 0.25) is 0 Å². The molecule has 0 spiro atoms. The van der Waals surface area contributed by atoms with Gasteiger partial charge in [0, 0.05) is 17.2 Å². The number of thioether (sulfide) groups is 1. The third-order valence-electron chi connectivity index (χ3n) is 3.17. The molecule has 2 rings (SSSR count). The summed E-state index contributed by atoms with van der Waals surface area (Å²) < 4.78 is 3.10. The molecule has 0 amide bonds. The monoisotopic (exact) mass is 368 g/mol. The molecule has 0 aliphatic heterocycles. The van der Waals surface area contributed by atoms with Crippen molar-refractivity contribution in [2.24, 2.45) is 0 Å². The lowest BCUT2D eigenvalue weighted by Gasteiger charge is -2.06. The number of halogens is 1. The van der Waals surface area contributed by atoms with Gasteiger partial charge in [-0.2, -0.15) is 5.10 Å². The van der Waals surface area contributed by atoms with Gasteiger partial charge in [-0.25, -0.2) is 4.79 Å². The highest BCUT2D eigenvalue weighted by Crippen LogP contribution is 2.29. The summed E-state index contributed by atoms with van der Waals surface area (Å²) in [5.41, 5.74) is 2.56. The predicted octanol–water partition coefficient (Wildman–Crippen LogP) is 4.22.